The molecule has 1 saturated heterocycles. The zero-order chi connectivity index (χ0) is 28.5. The molecule has 4 rings (SSSR count). The molecule has 0 aromatic carbocycles. The summed E-state index contributed by atoms with van der Waals surface area (Å²) >= 11 is 1.09. The number of aromatic amines is 1. The Kier molecular flexibility index (Phi) is 7.51. The van der Waals surface area contributed by atoms with Gasteiger partial charge in [-0.3, -0.25) is 24.7 Å². The minimum atomic E-state index is -0.874. The van der Waals surface area contributed by atoms with Crippen LogP contribution in [-0.4, -0.2) is 69.9 Å². The van der Waals surface area contributed by atoms with E-state index in [1.807, 2.05) is 0 Å². The molecule has 3 aromatic heterocycles. The van der Waals surface area contributed by atoms with E-state index in [0.29, 0.717) is 10.4 Å². The molecule has 1 aliphatic heterocycles. The fourth-order valence-electron chi connectivity index (χ4n) is 3.72. The summed E-state index contributed by atoms with van der Waals surface area (Å²) in [6, 6.07) is 2.97. The monoisotopic (exact) mass is 551 g/mol. The molecule has 2 atom stereocenters. The third-order valence-electron chi connectivity index (χ3n) is 5.92. The molecule has 0 saturated carbocycles. The Labute approximate surface area is 226 Å². The van der Waals surface area contributed by atoms with Gasteiger partial charge in [0.05, 0.1) is 29.4 Å². The van der Waals surface area contributed by atoms with Crippen molar-refractivity contribution in [3.05, 3.63) is 50.1 Å². The Morgan fingerprint density at radius 3 is 2.38 bits per heavy atom. The standard InChI is InChI=1S/C26H25N5O7S/c1-26(2,3)24(36)30-25-28-19-15(20(32)29-25)10-13(12-27-19)6-7-14-8-9-18(39-14)21(33)31-16(22(34)37-4)11-17(31)23(35)38-5/h8-10,12,16-17H,11H2,1-5H3,(H2,27,28,29,30,32,36)/t16-,17+. The number of anilines is 1. The van der Waals surface area contributed by atoms with Crippen LogP contribution >= 0.6 is 11.3 Å². The van der Waals surface area contributed by atoms with Gasteiger partial charge in [0.2, 0.25) is 11.9 Å². The second-order valence-corrected chi connectivity index (χ2v) is 10.7. The molecular weight excluding hydrogens is 526 g/mol. The molecule has 0 bridgehead atoms. The molecular formula is C26H25N5O7S. The van der Waals surface area contributed by atoms with Crippen molar-refractivity contribution < 1.29 is 28.7 Å². The maximum absolute atomic E-state index is 13.1. The van der Waals surface area contributed by atoms with Gasteiger partial charge in [-0.15, -0.1) is 11.3 Å². The van der Waals surface area contributed by atoms with Crippen molar-refractivity contribution in [2.24, 2.45) is 5.41 Å². The van der Waals surface area contributed by atoms with Crippen molar-refractivity contribution >= 4 is 52.1 Å². The summed E-state index contributed by atoms with van der Waals surface area (Å²) in [4.78, 5) is 74.9. The fraction of sp³-hybridized carbons (Fsp3) is 0.346. The molecule has 39 heavy (non-hydrogen) atoms. The number of hydrogen-bond donors (Lipinski definition) is 2. The van der Waals surface area contributed by atoms with Crippen LogP contribution in [0.4, 0.5) is 5.95 Å². The predicted molar refractivity (Wildman–Crippen MR) is 141 cm³/mol. The van der Waals surface area contributed by atoms with Crippen molar-refractivity contribution in [2.75, 3.05) is 19.5 Å². The molecule has 202 valence electrons. The molecule has 0 aliphatic carbocycles. The summed E-state index contributed by atoms with van der Waals surface area (Å²) in [5.41, 5.74) is -0.581. The summed E-state index contributed by atoms with van der Waals surface area (Å²) in [5.74, 6) is 3.78. The van der Waals surface area contributed by atoms with Gasteiger partial charge in [0, 0.05) is 23.6 Å². The Hall–Kier alpha value is -4.57. The first-order chi connectivity index (χ1) is 18.4. The number of nitrogens with zero attached hydrogens (tertiary/aromatic N) is 3. The van der Waals surface area contributed by atoms with Gasteiger partial charge in [-0.1, -0.05) is 32.6 Å². The predicted octanol–water partition coefficient (Wildman–Crippen LogP) is 1.69. The third kappa shape index (κ3) is 5.65. The van der Waals surface area contributed by atoms with Gasteiger partial charge in [-0.05, 0) is 18.2 Å². The number of esters is 2. The van der Waals surface area contributed by atoms with E-state index in [0.717, 1.165) is 16.2 Å². The number of hydrogen-bond acceptors (Lipinski definition) is 10. The number of ether oxygens (including phenoxy) is 2. The number of aromatic nitrogens is 3. The minimum absolute atomic E-state index is 0.000574. The van der Waals surface area contributed by atoms with Crippen LogP contribution < -0.4 is 10.9 Å². The number of nitrogens with one attached hydrogen (secondary N) is 2. The highest BCUT2D eigenvalue weighted by Gasteiger charge is 2.51. The number of H-pyrrole nitrogens is 1. The van der Waals surface area contributed by atoms with E-state index in [1.54, 1.807) is 32.9 Å². The molecule has 0 spiro atoms. The molecule has 1 aliphatic rings. The molecule has 2 amide bonds. The van der Waals surface area contributed by atoms with Gasteiger partial charge in [-0.2, -0.15) is 4.98 Å². The second-order valence-electron chi connectivity index (χ2n) is 9.65. The Morgan fingerprint density at radius 1 is 1.10 bits per heavy atom. The summed E-state index contributed by atoms with van der Waals surface area (Å²) in [5, 5.41) is 2.77. The average Bonchev–Trinajstić information content (AvgIpc) is 3.35. The molecule has 0 radical (unpaired) electrons. The number of fused-ring (bicyclic) bond motifs is 1. The summed E-state index contributed by atoms with van der Waals surface area (Å²) in [6.07, 6.45) is 1.56. The SMILES string of the molecule is COC(=O)[C@H]1C[C@@H](C(=O)OC)N1C(=O)c1ccc(C#Cc2cnc3nc(NC(=O)C(C)(C)C)[nH]c(=O)c3c2)s1. The van der Waals surface area contributed by atoms with Crippen LogP contribution in [0.2, 0.25) is 0 Å². The van der Waals surface area contributed by atoms with Crippen LogP contribution in [0, 0.1) is 17.3 Å². The molecule has 12 nitrogen and oxygen atoms in total. The summed E-state index contributed by atoms with van der Waals surface area (Å²) in [6.45, 7) is 5.21. The van der Waals surface area contributed by atoms with Crippen LogP contribution in [0.1, 0.15) is 47.3 Å². The fourth-order valence-corrected chi connectivity index (χ4v) is 4.52. The first-order valence-corrected chi connectivity index (χ1v) is 12.6. The van der Waals surface area contributed by atoms with Gasteiger partial charge < -0.3 is 14.4 Å². The number of carbonyl (C=O) groups excluding carboxylic acids is 4. The van der Waals surface area contributed by atoms with Gasteiger partial charge in [0.1, 0.15) is 12.1 Å². The van der Waals surface area contributed by atoms with E-state index in [1.165, 1.54) is 26.5 Å². The van der Waals surface area contributed by atoms with E-state index in [-0.39, 0.29) is 34.2 Å². The molecule has 13 heteroatoms. The number of thiophene rings is 1. The summed E-state index contributed by atoms with van der Waals surface area (Å²) < 4.78 is 9.49. The van der Waals surface area contributed by atoms with Gasteiger partial charge >= 0.3 is 11.9 Å². The lowest BCUT2D eigenvalue weighted by Gasteiger charge is -2.44. The quantitative estimate of drug-likeness (QED) is 0.363. The zero-order valence-corrected chi connectivity index (χ0v) is 22.6. The van der Waals surface area contributed by atoms with E-state index >= 15 is 0 Å². The Bertz CT molecular complexity index is 1590. The number of pyridine rings is 1. The number of rotatable bonds is 4. The van der Waals surface area contributed by atoms with E-state index in [9.17, 15) is 24.0 Å². The highest BCUT2D eigenvalue weighted by Crippen LogP contribution is 2.31. The van der Waals surface area contributed by atoms with Crippen LogP contribution in [0.15, 0.2) is 29.2 Å². The lowest BCUT2D eigenvalue weighted by atomic mass is 9.92. The first kappa shape index (κ1) is 27.5. The first-order valence-electron chi connectivity index (χ1n) is 11.7. The number of amides is 2. The van der Waals surface area contributed by atoms with Crippen LogP contribution in [0.25, 0.3) is 11.0 Å². The molecule has 2 N–H and O–H groups in total. The van der Waals surface area contributed by atoms with E-state index < -0.39 is 40.9 Å². The van der Waals surface area contributed by atoms with E-state index in [4.69, 9.17) is 9.47 Å². The highest BCUT2D eigenvalue weighted by molar-refractivity contribution is 7.14. The molecule has 0 unspecified atom stereocenters. The maximum Gasteiger partial charge on any atom is 0.328 e. The average molecular weight is 552 g/mol. The number of methoxy groups -OCH3 is 2. The van der Waals surface area contributed by atoms with Crippen LogP contribution in [-0.2, 0) is 23.9 Å². The van der Waals surface area contributed by atoms with Crippen molar-refractivity contribution in [3.8, 4) is 11.8 Å². The van der Waals surface area contributed by atoms with Gasteiger partial charge in [0.15, 0.2) is 5.65 Å². The van der Waals surface area contributed by atoms with E-state index in [2.05, 4.69) is 32.1 Å². The van der Waals surface area contributed by atoms with Crippen molar-refractivity contribution in [2.45, 2.75) is 39.3 Å². The normalized spacial score (nSPS) is 16.5. The number of likely N-dealkylation sites (tertiary alicyclic amines) is 1. The number of carbonyl (C=O) groups is 4. The Morgan fingerprint density at radius 2 is 1.77 bits per heavy atom. The highest BCUT2D eigenvalue weighted by atomic mass is 32.1. The maximum atomic E-state index is 13.1. The van der Waals surface area contributed by atoms with Crippen molar-refractivity contribution in [3.63, 3.8) is 0 Å². The van der Waals surface area contributed by atoms with Gasteiger partial charge in [-0.25, -0.2) is 14.6 Å². The van der Waals surface area contributed by atoms with Gasteiger partial charge in [0.25, 0.3) is 11.5 Å². The molecule has 4 heterocycles. The van der Waals surface area contributed by atoms with Crippen LogP contribution in [0.3, 0.4) is 0 Å². The minimum Gasteiger partial charge on any atom is -0.467 e. The second kappa shape index (κ2) is 10.7. The lowest BCUT2D eigenvalue weighted by Crippen LogP contribution is -2.64. The lowest BCUT2D eigenvalue weighted by molar-refractivity contribution is -0.163. The van der Waals surface area contributed by atoms with Crippen molar-refractivity contribution in [1.29, 1.82) is 0 Å². The van der Waals surface area contributed by atoms with Crippen molar-refractivity contribution in [1.82, 2.24) is 19.9 Å². The summed E-state index contributed by atoms with van der Waals surface area (Å²) in [7, 11) is 2.43. The van der Waals surface area contributed by atoms with Crippen LogP contribution in [0.5, 0.6) is 0 Å². The molecule has 3 aromatic rings. The molecule has 1 fully saturated rings. The Balaban J connectivity index is 1.54. The smallest absolute Gasteiger partial charge is 0.328 e. The largest absolute Gasteiger partial charge is 0.467 e. The third-order valence-corrected chi connectivity index (χ3v) is 6.91. The topological polar surface area (TPSA) is 161 Å². The zero-order valence-electron chi connectivity index (χ0n) is 21.8.